The van der Waals surface area contributed by atoms with Gasteiger partial charge in [-0.1, -0.05) is 44.1 Å². The van der Waals surface area contributed by atoms with Crippen LogP contribution >= 0.6 is 0 Å². The lowest BCUT2D eigenvalue weighted by atomic mass is 10.1. The Morgan fingerprint density at radius 2 is 1.81 bits per heavy atom. The predicted molar refractivity (Wildman–Crippen MR) is 87.9 cm³/mol. The van der Waals surface area contributed by atoms with Gasteiger partial charge in [-0.25, -0.2) is 0 Å². The molecule has 1 aliphatic rings. The Hall–Kier alpha value is -1.28. The summed E-state index contributed by atoms with van der Waals surface area (Å²) in [6.45, 7) is 5.78. The second-order valence-corrected chi connectivity index (χ2v) is 6.18. The van der Waals surface area contributed by atoms with Crippen molar-refractivity contribution in [1.82, 2.24) is 0 Å². The van der Waals surface area contributed by atoms with Crippen molar-refractivity contribution in [3.63, 3.8) is 0 Å². The van der Waals surface area contributed by atoms with Gasteiger partial charge in [0.25, 0.3) is 0 Å². The van der Waals surface area contributed by atoms with Crippen LogP contribution in [0.3, 0.4) is 0 Å². The van der Waals surface area contributed by atoms with Crippen LogP contribution in [0.1, 0.15) is 51.5 Å². The van der Waals surface area contributed by atoms with E-state index in [2.05, 4.69) is 50.3 Å². The molecule has 0 aliphatic carbocycles. The third-order valence-electron chi connectivity index (χ3n) is 3.83. The maximum absolute atomic E-state index is 5.73. The smallest absolute Gasteiger partial charge is 0.123 e. The molecular formula is C19H28O2. The number of benzene rings is 1. The molecule has 0 amide bonds. The van der Waals surface area contributed by atoms with E-state index < -0.39 is 0 Å². The molecule has 0 bridgehead atoms. The normalized spacial score (nSPS) is 20.9. The van der Waals surface area contributed by atoms with Gasteiger partial charge in [0.05, 0.1) is 6.61 Å². The molecule has 116 valence electrons. The molecule has 0 saturated carbocycles. The van der Waals surface area contributed by atoms with E-state index >= 15 is 0 Å². The molecular weight excluding hydrogens is 260 g/mol. The van der Waals surface area contributed by atoms with Crippen LogP contribution in [-0.4, -0.2) is 18.8 Å². The number of allylic oxidation sites excluding steroid dienone is 2. The topological polar surface area (TPSA) is 21.8 Å². The fourth-order valence-corrected chi connectivity index (χ4v) is 2.18. The molecule has 0 aromatic heterocycles. The second kappa shape index (κ2) is 8.23. The maximum Gasteiger partial charge on any atom is 0.123 e. The molecule has 0 spiro atoms. The first-order valence-corrected chi connectivity index (χ1v) is 8.22. The molecule has 0 N–H and O–H groups in total. The number of ether oxygens (including phenoxy) is 2. The van der Waals surface area contributed by atoms with E-state index in [9.17, 15) is 0 Å². The predicted octanol–water partition coefficient (Wildman–Crippen LogP) is 4.92. The first-order valence-electron chi connectivity index (χ1n) is 8.22. The number of unbranched alkanes of at least 4 members (excludes halogenated alkanes) is 3. The van der Waals surface area contributed by atoms with Crippen LogP contribution in [-0.2, 0) is 11.2 Å². The van der Waals surface area contributed by atoms with E-state index in [4.69, 9.17) is 9.47 Å². The van der Waals surface area contributed by atoms with Crippen molar-refractivity contribution in [3.05, 3.63) is 42.0 Å². The highest BCUT2D eigenvalue weighted by molar-refractivity contribution is 5.27. The lowest BCUT2D eigenvalue weighted by Crippen LogP contribution is -2.16. The van der Waals surface area contributed by atoms with Gasteiger partial charge in [-0.15, -0.1) is 0 Å². The van der Waals surface area contributed by atoms with Crippen LogP contribution in [0.15, 0.2) is 36.4 Å². The number of hydrogen-bond donors (Lipinski definition) is 0. The fraction of sp³-hybridized carbons (Fsp3) is 0.579. The number of rotatable bonds is 10. The summed E-state index contributed by atoms with van der Waals surface area (Å²) < 4.78 is 11.0. The van der Waals surface area contributed by atoms with Crippen molar-refractivity contribution in [2.45, 2.75) is 58.0 Å². The van der Waals surface area contributed by atoms with E-state index in [0.717, 1.165) is 18.8 Å². The molecule has 1 saturated heterocycles. The van der Waals surface area contributed by atoms with Crippen LogP contribution in [0, 0.1) is 0 Å². The average Bonchev–Trinajstić information content (AvgIpc) is 3.24. The van der Waals surface area contributed by atoms with Gasteiger partial charge in [0, 0.05) is 0 Å². The van der Waals surface area contributed by atoms with Gasteiger partial charge in [0.15, 0.2) is 0 Å². The maximum atomic E-state index is 5.73. The monoisotopic (exact) mass is 288 g/mol. The minimum Gasteiger partial charge on any atom is -0.491 e. The molecule has 1 fully saturated rings. The Bertz CT molecular complexity index is 429. The molecule has 1 unspecified atom stereocenters. The molecule has 1 heterocycles. The Kier molecular flexibility index (Phi) is 6.31. The van der Waals surface area contributed by atoms with Crippen molar-refractivity contribution < 1.29 is 9.47 Å². The average molecular weight is 288 g/mol. The quantitative estimate of drug-likeness (QED) is 0.346. The SMILES string of the molecule is CCCC/C=C/CCCc1ccc(OCC2(C)CO2)cc1. The summed E-state index contributed by atoms with van der Waals surface area (Å²) in [5, 5.41) is 0. The standard InChI is InChI=1S/C19H28O2/c1-3-4-5-6-7-8-9-10-17-11-13-18(14-12-17)20-15-19(2)16-21-19/h6-7,11-14H,3-5,8-10,15-16H2,1-2H3/b7-6+. The van der Waals surface area contributed by atoms with Crippen LogP contribution in [0.2, 0.25) is 0 Å². The molecule has 21 heavy (non-hydrogen) atoms. The van der Waals surface area contributed by atoms with Crippen molar-refractivity contribution in [3.8, 4) is 5.75 Å². The minimum atomic E-state index is -0.0389. The summed E-state index contributed by atoms with van der Waals surface area (Å²) in [5.74, 6) is 0.940. The highest BCUT2D eigenvalue weighted by Crippen LogP contribution is 2.27. The summed E-state index contributed by atoms with van der Waals surface area (Å²) in [5.41, 5.74) is 1.35. The highest BCUT2D eigenvalue weighted by Gasteiger charge is 2.40. The number of aryl methyl sites for hydroxylation is 1. The summed E-state index contributed by atoms with van der Waals surface area (Å²) >= 11 is 0. The van der Waals surface area contributed by atoms with E-state index in [-0.39, 0.29) is 5.60 Å². The molecule has 1 atom stereocenters. The van der Waals surface area contributed by atoms with Gasteiger partial charge in [-0.2, -0.15) is 0 Å². The van der Waals surface area contributed by atoms with Crippen LogP contribution < -0.4 is 4.74 Å². The molecule has 2 nitrogen and oxygen atoms in total. The first kappa shape index (κ1) is 16.1. The van der Waals surface area contributed by atoms with Crippen molar-refractivity contribution in [2.24, 2.45) is 0 Å². The summed E-state index contributed by atoms with van der Waals surface area (Å²) in [6, 6.07) is 8.48. The first-order chi connectivity index (χ1) is 10.2. The minimum absolute atomic E-state index is 0.0389. The lowest BCUT2D eigenvalue weighted by Gasteiger charge is -2.09. The third kappa shape index (κ3) is 6.34. The van der Waals surface area contributed by atoms with Gasteiger partial charge >= 0.3 is 0 Å². The van der Waals surface area contributed by atoms with Gasteiger partial charge < -0.3 is 9.47 Å². The fourth-order valence-electron chi connectivity index (χ4n) is 2.18. The molecule has 2 heteroatoms. The number of epoxide rings is 1. The van der Waals surface area contributed by atoms with Gasteiger partial charge in [0.1, 0.15) is 18.0 Å². The summed E-state index contributed by atoms with van der Waals surface area (Å²) in [7, 11) is 0. The Balaban J connectivity index is 1.61. The molecule has 1 aromatic rings. The zero-order valence-electron chi connectivity index (χ0n) is 13.4. The van der Waals surface area contributed by atoms with Crippen LogP contribution in [0.4, 0.5) is 0 Å². The zero-order valence-corrected chi connectivity index (χ0v) is 13.4. The molecule has 1 aromatic carbocycles. The van der Waals surface area contributed by atoms with Gasteiger partial charge in [0.2, 0.25) is 0 Å². The summed E-state index contributed by atoms with van der Waals surface area (Å²) in [6.07, 6.45) is 12.0. The van der Waals surface area contributed by atoms with E-state index in [0.29, 0.717) is 6.61 Å². The van der Waals surface area contributed by atoms with E-state index in [1.54, 1.807) is 0 Å². The molecule has 0 radical (unpaired) electrons. The van der Waals surface area contributed by atoms with Gasteiger partial charge in [-0.05, 0) is 50.3 Å². The Morgan fingerprint density at radius 3 is 2.43 bits per heavy atom. The largest absolute Gasteiger partial charge is 0.491 e. The van der Waals surface area contributed by atoms with Crippen LogP contribution in [0.5, 0.6) is 5.75 Å². The van der Waals surface area contributed by atoms with E-state index in [1.165, 1.54) is 37.7 Å². The Labute approximate surface area is 129 Å². The van der Waals surface area contributed by atoms with E-state index in [1.807, 2.05) is 0 Å². The molecule has 1 aliphatic heterocycles. The van der Waals surface area contributed by atoms with Gasteiger partial charge in [-0.3, -0.25) is 0 Å². The third-order valence-corrected chi connectivity index (χ3v) is 3.83. The number of hydrogen-bond acceptors (Lipinski definition) is 2. The van der Waals surface area contributed by atoms with Crippen LogP contribution in [0.25, 0.3) is 0 Å². The highest BCUT2D eigenvalue weighted by atomic mass is 16.6. The van der Waals surface area contributed by atoms with Crippen molar-refractivity contribution >= 4 is 0 Å². The Morgan fingerprint density at radius 1 is 1.14 bits per heavy atom. The second-order valence-electron chi connectivity index (χ2n) is 6.18. The van der Waals surface area contributed by atoms with Crippen molar-refractivity contribution in [2.75, 3.05) is 13.2 Å². The zero-order chi connectivity index (χ0) is 15.0. The summed E-state index contributed by atoms with van der Waals surface area (Å²) in [4.78, 5) is 0. The molecule has 2 rings (SSSR count). The lowest BCUT2D eigenvalue weighted by molar-refractivity contribution is 0.202. The van der Waals surface area contributed by atoms with Crippen molar-refractivity contribution in [1.29, 1.82) is 0 Å².